The number of hydrogen-bond donors (Lipinski definition) is 1. The van der Waals surface area contributed by atoms with E-state index in [2.05, 4.69) is 5.32 Å². The van der Waals surface area contributed by atoms with Crippen LogP contribution in [0.2, 0.25) is 0 Å². The molecule has 0 saturated heterocycles. The second-order valence-electron chi connectivity index (χ2n) is 3.62. The molecular formula is C9H18F3NO. The topological polar surface area (TPSA) is 21.3 Å². The number of nitrogens with one attached hydrogen (secondary N) is 1. The smallest absolute Gasteiger partial charge is 0.380 e. The Kier molecular flexibility index (Phi) is 5.44. The molecule has 3 unspecified atom stereocenters. The molecule has 0 aromatic rings. The fourth-order valence-corrected chi connectivity index (χ4v) is 1.19. The highest BCUT2D eigenvalue weighted by Crippen LogP contribution is 2.21. The molecule has 86 valence electrons. The third-order valence-electron chi connectivity index (χ3n) is 2.16. The molecule has 0 aromatic heterocycles. The van der Waals surface area contributed by atoms with Gasteiger partial charge in [-0.2, -0.15) is 13.2 Å². The average Bonchev–Trinajstić information content (AvgIpc) is 1.99. The number of ether oxygens (including phenoxy) is 1. The van der Waals surface area contributed by atoms with Gasteiger partial charge in [0.15, 0.2) is 0 Å². The van der Waals surface area contributed by atoms with Crippen LogP contribution in [0.4, 0.5) is 13.2 Å². The molecule has 0 aliphatic rings. The molecule has 0 radical (unpaired) electrons. The predicted molar refractivity (Wildman–Crippen MR) is 49.2 cm³/mol. The van der Waals surface area contributed by atoms with Crippen molar-refractivity contribution in [2.45, 2.75) is 51.6 Å². The lowest BCUT2D eigenvalue weighted by Crippen LogP contribution is -2.43. The van der Waals surface area contributed by atoms with Crippen LogP contribution in [-0.4, -0.2) is 31.5 Å². The molecule has 0 amide bonds. The molecule has 5 heteroatoms. The molecule has 0 rings (SSSR count). The Hall–Kier alpha value is -0.290. The highest BCUT2D eigenvalue weighted by atomic mass is 19.4. The lowest BCUT2D eigenvalue weighted by Gasteiger charge is -2.24. The van der Waals surface area contributed by atoms with Crippen molar-refractivity contribution >= 4 is 0 Å². The number of halogens is 3. The Morgan fingerprint density at radius 2 is 1.71 bits per heavy atom. The first-order valence-electron chi connectivity index (χ1n) is 4.62. The summed E-state index contributed by atoms with van der Waals surface area (Å²) in [6, 6.07) is -0.667. The van der Waals surface area contributed by atoms with Gasteiger partial charge in [0.2, 0.25) is 0 Å². The van der Waals surface area contributed by atoms with E-state index >= 15 is 0 Å². The molecule has 0 aliphatic carbocycles. The molecule has 0 heterocycles. The molecule has 0 saturated carbocycles. The third-order valence-corrected chi connectivity index (χ3v) is 2.16. The Labute approximate surface area is 82.8 Å². The summed E-state index contributed by atoms with van der Waals surface area (Å²) < 4.78 is 40.9. The standard InChI is InChI=1S/C9H18F3NO/c1-6(5-9(10,11)12)13-7(2)8(3)14-4/h6-8,13H,5H2,1-4H3. The van der Waals surface area contributed by atoms with Crippen molar-refractivity contribution in [1.29, 1.82) is 0 Å². The summed E-state index contributed by atoms with van der Waals surface area (Å²) in [7, 11) is 1.54. The van der Waals surface area contributed by atoms with E-state index in [0.29, 0.717) is 0 Å². The van der Waals surface area contributed by atoms with Crippen LogP contribution in [0.3, 0.4) is 0 Å². The zero-order chi connectivity index (χ0) is 11.4. The largest absolute Gasteiger partial charge is 0.390 e. The van der Waals surface area contributed by atoms with E-state index in [1.807, 2.05) is 6.92 Å². The van der Waals surface area contributed by atoms with Crippen LogP contribution < -0.4 is 5.32 Å². The molecular weight excluding hydrogens is 195 g/mol. The van der Waals surface area contributed by atoms with Crippen LogP contribution in [0.25, 0.3) is 0 Å². The SMILES string of the molecule is COC(C)C(C)NC(C)CC(F)(F)F. The van der Waals surface area contributed by atoms with Gasteiger partial charge in [-0.15, -0.1) is 0 Å². The summed E-state index contributed by atoms with van der Waals surface area (Å²) in [4.78, 5) is 0. The molecule has 0 bridgehead atoms. The van der Waals surface area contributed by atoms with E-state index < -0.39 is 18.6 Å². The maximum Gasteiger partial charge on any atom is 0.390 e. The number of hydrogen-bond acceptors (Lipinski definition) is 2. The van der Waals surface area contributed by atoms with Crippen LogP contribution in [-0.2, 0) is 4.74 Å². The van der Waals surface area contributed by atoms with Gasteiger partial charge in [0.1, 0.15) is 0 Å². The molecule has 0 aromatic carbocycles. The van der Waals surface area contributed by atoms with Crippen molar-refractivity contribution in [2.75, 3.05) is 7.11 Å². The highest BCUT2D eigenvalue weighted by molar-refractivity contribution is 4.74. The number of alkyl halides is 3. The Bertz CT molecular complexity index is 161. The molecule has 2 nitrogen and oxygen atoms in total. The lowest BCUT2D eigenvalue weighted by molar-refractivity contribution is -0.139. The van der Waals surface area contributed by atoms with Crippen LogP contribution in [0.5, 0.6) is 0 Å². The highest BCUT2D eigenvalue weighted by Gasteiger charge is 2.30. The molecule has 0 aliphatic heterocycles. The minimum atomic E-state index is -4.11. The summed E-state index contributed by atoms with van der Waals surface area (Å²) in [5.74, 6) is 0. The summed E-state index contributed by atoms with van der Waals surface area (Å²) in [6.07, 6.45) is -5.01. The molecule has 1 N–H and O–H groups in total. The van der Waals surface area contributed by atoms with Crippen molar-refractivity contribution in [1.82, 2.24) is 5.32 Å². The summed E-state index contributed by atoms with van der Waals surface area (Å²) in [5.41, 5.74) is 0. The fraction of sp³-hybridized carbons (Fsp3) is 1.00. The van der Waals surface area contributed by atoms with Gasteiger partial charge in [-0.1, -0.05) is 0 Å². The van der Waals surface area contributed by atoms with Gasteiger partial charge in [0.25, 0.3) is 0 Å². The van der Waals surface area contributed by atoms with Crippen molar-refractivity contribution < 1.29 is 17.9 Å². The summed E-state index contributed by atoms with van der Waals surface area (Å²) >= 11 is 0. The van der Waals surface area contributed by atoms with Crippen LogP contribution in [0.15, 0.2) is 0 Å². The van der Waals surface area contributed by atoms with E-state index in [-0.39, 0.29) is 12.1 Å². The fourth-order valence-electron chi connectivity index (χ4n) is 1.19. The molecule has 0 fully saturated rings. The Morgan fingerprint density at radius 1 is 1.21 bits per heavy atom. The molecule has 14 heavy (non-hydrogen) atoms. The summed E-state index contributed by atoms with van der Waals surface area (Å²) in [6.45, 7) is 5.14. The second kappa shape index (κ2) is 5.56. The molecule has 3 atom stereocenters. The Balaban J connectivity index is 3.88. The Morgan fingerprint density at radius 3 is 2.07 bits per heavy atom. The van der Waals surface area contributed by atoms with Crippen molar-refractivity contribution in [3.05, 3.63) is 0 Å². The van der Waals surface area contributed by atoms with Gasteiger partial charge in [-0.05, 0) is 20.8 Å². The third kappa shape index (κ3) is 6.21. The quantitative estimate of drug-likeness (QED) is 0.756. The second-order valence-corrected chi connectivity index (χ2v) is 3.62. The van der Waals surface area contributed by atoms with Crippen molar-refractivity contribution in [3.63, 3.8) is 0 Å². The van der Waals surface area contributed by atoms with Gasteiger partial charge in [0, 0.05) is 19.2 Å². The van der Waals surface area contributed by atoms with E-state index in [9.17, 15) is 13.2 Å². The average molecular weight is 213 g/mol. The first kappa shape index (κ1) is 13.7. The first-order chi connectivity index (χ1) is 6.26. The van der Waals surface area contributed by atoms with Crippen LogP contribution in [0.1, 0.15) is 27.2 Å². The lowest BCUT2D eigenvalue weighted by atomic mass is 10.1. The van der Waals surface area contributed by atoms with Gasteiger partial charge < -0.3 is 10.1 Å². The maximum atomic E-state index is 12.0. The van der Waals surface area contributed by atoms with Crippen molar-refractivity contribution in [3.8, 4) is 0 Å². The predicted octanol–water partition coefficient (Wildman–Crippen LogP) is 2.34. The van der Waals surface area contributed by atoms with Crippen molar-refractivity contribution in [2.24, 2.45) is 0 Å². The zero-order valence-electron chi connectivity index (χ0n) is 8.98. The van der Waals surface area contributed by atoms with E-state index in [4.69, 9.17) is 4.74 Å². The van der Waals surface area contributed by atoms with Crippen LogP contribution >= 0.6 is 0 Å². The van der Waals surface area contributed by atoms with E-state index in [1.54, 1.807) is 6.92 Å². The van der Waals surface area contributed by atoms with Gasteiger partial charge in [-0.3, -0.25) is 0 Å². The minimum Gasteiger partial charge on any atom is -0.380 e. The molecule has 0 spiro atoms. The maximum absolute atomic E-state index is 12.0. The van der Waals surface area contributed by atoms with Gasteiger partial charge in [-0.25, -0.2) is 0 Å². The first-order valence-corrected chi connectivity index (χ1v) is 4.62. The number of rotatable bonds is 5. The van der Waals surface area contributed by atoms with E-state index in [1.165, 1.54) is 14.0 Å². The zero-order valence-corrected chi connectivity index (χ0v) is 8.98. The van der Waals surface area contributed by atoms with Crippen LogP contribution in [0, 0.1) is 0 Å². The normalized spacial score (nSPS) is 19.1. The number of methoxy groups -OCH3 is 1. The monoisotopic (exact) mass is 213 g/mol. The minimum absolute atomic E-state index is 0.0858. The van der Waals surface area contributed by atoms with Gasteiger partial charge >= 0.3 is 6.18 Å². The van der Waals surface area contributed by atoms with Gasteiger partial charge in [0.05, 0.1) is 12.5 Å². The van der Waals surface area contributed by atoms with E-state index in [0.717, 1.165) is 0 Å². The summed E-state index contributed by atoms with van der Waals surface area (Å²) in [5, 5.41) is 2.84.